The van der Waals surface area contributed by atoms with Crippen molar-refractivity contribution in [1.82, 2.24) is 5.32 Å². The molecular formula is C20H23NO2. The Bertz CT molecular complexity index is 681. The number of carbonyl (C=O) groups excluding carboxylic acids is 1. The molecule has 0 aromatic heterocycles. The van der Waals surface area contributed by atoms with Crippen molar-refractivity contribution in [2.24, 2.45) is 0 Å². The maximum Gasteiger partial charge on any atom is 0.220 e. The summed E-state index contributed by atoms with van der Waals surface area (Å²) in [6.07, 6.45) is 4.46. The minimum Gasteiger partial charge on any atom is -0.496 e. The van der Waals surface area contributed by atoms with E-state index in [4.69, 9.17) is 4.74 Å². The number of benzene rings is 2. The first kappa shape index (κ1) is 15.6. The minimum atomic E-state index is 0.109. The first-order chi connectivity index (χ1) is 11.3. The number of amides is 1. The zero-order valence-corrected chi connectivity index (χ0v) is 13.5. The van der Waals surface area contributed by atoms with Gasteiger partial charge in [0.25, 0.3) is 0 Å². The van der Waals surface area contributed by atoms with Crippen molar-refractivity contribution >= 4 is 5.91 Å². The van der Waals surface area contributed by atoms with Crippen molar-refractivity contribution < 1.29 is 9.53 Å². The number of methoxy groups -OCH3 is 1. The first-order valence-electron chi connectivity index (χ1n) is 8.27. The second-order valence-corrected chi connectivity index (χ2v) is 6.02. The van der Waals surface area contributed by atoms with Crippen molar-refractivity contribution in [1.29, 1.82) is 0 Å². The third-order valence-electron chi connectivity index (χ3n) is 4.52. The van der Waals surface area contributed by atoms with E-state index in [-0.39, 0.29) is 11.9 Å². The summed E-state index contributed by atoms with van der Waals surface area (Å²) in [5.41, 5.74) is 3.73. The van der Waals surface area contributed by atoms with Gasteiger partial charge in [0, 0.05) is 6.42 Å². The molecule has 2 aromatic rings. The molecule has 3 heteroatoms. The number of rotatable bonds is 5. The van der Waals surface area contributed by atoms with E-state index in [0.717, 1.165) is 30.6 Å². The van der Waals surface area contributed by atoms with E-state index < -0.39 is 0 Å². The average molecular weight is 309 g/mol. The van der Waals surface area contributed by atoms with Crippen LogP contribution in [0.5, 0.6) is 5.75 Å². The molecule has 0 unspecified atom stereocenters. The molecule has 1 N–H and O–H groups in total. The summed E-state index contributed by atoms with van der Waals surface area (Å²) in [4.78, 5) is 12.3. The van der Waals surface area contributed by atoms with Gasteiger partial charge in [-0.25, -0.2) is 0 Å². The predicted molar refractivity (Wildman–Crippen MR) is 91.6 cm³/mol. The highest BCUT2D eigenvalue weighted by atomic mass is 16.5. The topological polar surface area (TPSA) is 38.3 Å². The van der Waals surface area contributed by atoms with Crippen LogP contribution in [0.2, 0.25) is 0 Å². The Hall–Kier alpha value is -2.29. The molecule has 0 radical (unpaired) electrons. The minimum absolute atomic E-state index is 0.109. The lowest BCUT2D eigenvalue weighted by atomic mass is 9.87. The molecular weight excluding hydrogens is 286 g/mol. The molecule has 1 amide bonds. The predicted octanol–water partition coefficient (Wildman–Crippen LogP) is 3.82. The standard InChI is InChI=1S/C20H23NO2/c1-23-19-12-5-3-8-16(19)13-14-20(22)21-18-11-6-9-15-7-2-4-10-17(15)18/h2-5,7-8,10,12,18H,6,9,11,13-14H2,1H3,(H,21,22)/t18-/m1/s1. The van der Waals surface area contributed by atoms with Crippen LogP contribution < -0.4 is 10.1 Å². The highest BCUT2D eigenvalue weighted by Gasteiger charge is 2.21. The van der Waals surface area contributed by atoms with Crippen LogP contribution in [-0.4, -0.2) is 13.0 Å². The van der Waals surface area contributed by atoms with Gasteiger partial charge in [-0.2, -0.15) is 0 Å². The molecule has 0 saturated carbocycles. The molecule has 0 fully saturated rings. The number of hydrogen-bond donors (Lipinski definition) is 1. The second-order valence-electron chi connectivity index (χ2n) is 6.02. The summed E-state index contributed by atoms with van der Waals surface area (Å²) in [6, 6.07) is 16.5. The van der Waals surface area contributed by atoms with Gasteiger partial charge in [0.05, 0.1) is 13.2 Å². The Morgan fingerprint density at radius 1 is 1.17 bits per heavy atom. The van der Waals surface area contributed by atoms with E-state index >= 15 is 0 Å². The number of fused-ring (bicyclic) bond motifs is 1. The maximum absolute atomic E-state index is 12.3. The van der Waals surface area contributed by atoms with Crippen LogP contribution in [0.15, 0.2) is 48.5 Å². The molecule has 3 nitrogen and oxygen atoms in total. The molecule has 23 heavy (non-hydrogen) atoms. The highest BCUT2D eigenvalue weighted by Crippen LogP contribution is 2.29. The van der Waals surface area contributed by atoms with Crippen LogP contribution in [0.25, 0.3) is 0 Å². The number of carbonyl (C=O) groups is 1. The van der Waals surface area contributed by atoms with E-state index in [1.165, 1.54) is 11.1 Å². The Labute approximate surface area is 137 Å². The van der Waals surface area contributed by atoms with Gasteiger partial charge in [0.2, 0.25) is 5.91 Å². The molecule has 120 valence electrons. The molecule has 0 spiro atoms. The zero-order chi connectivity index (χ0) is 16.1. The van der Waals surface area contributed by atoms with Gasteiger partial charge in [-0.1, -0.05) is 42.5 Å². The molecule has 0 bridgehead atoms. The van der Waals surface area contributed by atoms with E-state index in [0.29, 0.717) is 12.8 Å². The smallest absolute Gasteiger partial charge is 0.220 e. The van der Waals surface area contributed by atoms with E-state index in [9.17, 15) is 4.79 Å². The molecule has 3 rings (SSSR count). The summed E-state index contributed by atoms with van der Waals surface area (Å²) < 4.78 is 5.34. The van der Waals surface area contributed by atoms with E-state index in [1.54, 1.807) is 7.11 Å². The number of aryl methyl sites for hydroxylation is 2. The van der Waals surface area contributed by atoms with Gasteiger partial charge >= 0.3 is 0 Å². The SMILES string of the molecule is COc1ccccc1CCC(=O)N[C@@H]1CCCc2ccccc21. The summed E-state index contributed by atoms with van der Waals surface area (Å²) in [7, 11) is 1.66. The molecule has 0 heterocycles. The molecule has 0 saturated heterocycles. The van der Waals surface area contributed by atoms with Crippen molar-refractivity contribution in [2.75, 3.05) is 7.11 Å². The van der Waals surface area contributed by atoms with Crippen LogP contribution in [0.3, 0.4) is 0 Å². The van der Waals surface area contributed by atoms with Crippen molar-refractivity contribution in [3.8, 4) is 5.75 Å². The highest BCUT2D eigenvalue weighted by molar-refractivity contribution is 5.77. The number of nitrogens with one attached hydrogen (secondary N) is 1. The van der Waals surface area contributed by atoms with Crippen LogP contribution >= 0.6 is 0 Å². The van der Waals surface area contributed by atoms with Crippen molar-refractivity contribution in [3.05, 3.63) is 65.2 Å². The monoisotopic (exact) mass is 309 g/mol. The molecule has 2 aromatic carbocycles. The second kappa shape index (κ2) is 7.32. The van der Waals surface area contributed by atoms with Crippen molar-refractivity contribution in [2.45, 2.75) is 38.1 Å². The van der Waals surface area contributed by atoms with Crippen LogP contribution in [0, 0.1) is 0 Å². The largest absolute Gasteiger partial charge is 0.496 e. The lowest BCUT2D eigenvalue weighted by molar-refractivity contribution is -0.121. The zero-order valence-electron chi connectivity index (χ0n) is 13.5. The van der Waals surface area contributed by atoms with E-state index in [2.05, 4.69) is 29.6 Å². The normalized spacial score (nSPS) is 16.5. The molecule has 0 aliphatic heterocycles. The van der Waals surface area contributed by atoms with Gasteiger partial charge in [0.1, 0.15) is 5.75 Å². The fraction of sp³-hybridized carbons (Fsp3) is 0.350. The number of hydrogen-bond acceptors (Lipinski definition) is 2. The molecule has 1 aliphatic rings. The van der Waals surface area contributed by atoms with Gasteiger partial charge in [0.15, 0.2) is 0 Å². The van der Waals surface area contributed by atoms with Gasteiger partial charge in [-0.15, -0.1) is 0 Å². The number of ether oxygens (including phenoxy) is 1. The lowest BCUT2D eigenvalue weighted by Gasteiger charge is -2.26. The lowest BCUT2D eigenvalue weighted by Crippen LogP contribution is -2.31. The molecule has 1 atom stereocenters. The molecule has 1 aliphatic carbocycles. The van der Waals surface area contributed by atoms with E-state index in [1.807, 2.05) is 24.3 Å². The maximum atomic E-state index is 12.3. The van der Waals surface area contributed by atoms with Gasteiger partial charge in [-0.3, -0.25) is 4.79 Å². The van der Waals surface area contributed by atoms with Crippen LogP contribution in [-0.2, 0) is 17.6 Å². The van der Waals surface area contributed by atoms with Gasteiger partial charge in [-0.05, 0) is 48.4 Å². The average Bonchev–Trinajstić information content (AvgIpc) is 2.60. The Morgan fingerprint density at radius 3 is 2.83 bits per heavy atom. The summed E-state index contributed by atoms with van der Waals surface area (Å²) >= 11 is 0. The quantitative estimate of drug-likeness (QED) is 0.912. The van der Waals surface area contributed by atoms with Gasteiger partial charge < -0.3 is 10.1 Å². The summed E-state index contributed by atoms with van der Waals surface area (Å²) in [6.45, 7) is 0. The van der Waals surface area contributed by atoms with Crippen LogP contribution in [0.4, 0.5) is 0 Å². The fourth-order valence-corrected chi connectivity index (χ4v) is 3.33. The Balaban J connectivity index is 1.60. The third-order valence-corrected chi connectivity index (χ3v) is 4.52. The first-order valence-corrected chi connectivity index (χ1v) is 8.27. The Kier molecular flexibility index (Phi) is 4.96. The Morgan fingerprint density at radius 2 is 1.96 bits per heavy atom. The fourth-order valence-electron chi connectivity index (χ4n) is 3.33. The third kappa shape index (κ3) is 3.73. The van der Waals surface area contributed by atoms with Crippen LogP contribution in [0.1, 0.15) is 42.0 Å². The number of para-hydroxylation sites is 1. The summed E-state index contributed by atoms with van der Waals surface area (Å²) in [5, 5.41) is 3.20. The summed E-state index contributed by atoms with van der Waals surface area (Å²) in [5.74, 6) is 0.959. The van der Waals surface area contributed by atoms with Crippen molar-refractivity contribution in [3.63, 3.8) is 0 Å².